The topological polar surface area (TPSA) is 67.6 Å². The number of hydrogen-bond donors (Lipinski definition) is 2. The number of methoxy groups -OCH3 is 1. The van der Waals surface area contributed by atoms with Crippen LogP contribution in [0.15, 0.2) is 18.2 Å². The molecule has 0 aliphatic carbocycles. The van der Waals surface area contributed by atoms with E-state index in [0.29, 0.717) is 19.7 Å². The van der Waals surface area contributed by atoms with Gasteiger partial charge in [0.1, 0.15) is 0 Å². The lowest BCUT2D eigenvalue weighted by atomic mass is 9.99. The minimum atomic E-state index is -0.0416. The number of nitrogen functional groups attached to an aromatic ring is 1. The normalized spacial score (nSPS) is 14.2. The van der Waals surface area contributed by atoms with E-state index < -0.39 is 0 Å². The third-order valence-electron chi connectivity index (χ3n) is 3.11. The number of hydrogen-bond acceptors (Lipinski definition) is 3. The van der Waals surface area contributed by atoms with Crippen molar-refractivity contribution in [1.82, 2.24) is 10.2 Å². The van der Waals surface area contributed by atoms with Crippen molar-refractivity contribution >= 4 is 11.7 Å². The summed E-state index contributed by atoms with van der Waals surface area (Å²) in [5.74, 6) is 0. The molecule has 5 heteroatoms. The fourth-order valence-electron chi connectivity index (χ4n) is 2.12. The van der Waals surface area contributed by atoms with E-state index in [0.717, 1.165) is 24.2 Å². The number of ether oxygens (including phenoxy) is 1. The minimum absolute atomic E-state index is 0.0416. The van der Waals surface area contributed by atoms with E-state index >= 15 is 0 Å². The quantitative estimate of drug-likeness (QED) is 0.620. The molecule has 0 radical (unpaired) electrons. The van der Waals surface area contributed by atoms with Gasteiger partial charge in [0.25, 0.3) is 0 Å². The average molecular weight is 249 g/mol. The molecular formula is C13H19N3O2. The molecule has 3 N–H and O–H groups in total. The predicted octanol–water partition coefficient (Wildman–Crippen LogP) is 0.983. The van der Waals surface area contributed by atoms with Gasteiger partial charge in [-0.05, 0) is 29.7 Å². The van der Waals surface area contributed by atoms with Gasteiger partial charge in [-0.25, -0.2) is 4.79 Å². The molecule has 0 fully saturated rings. The third kappa shape index (κ3) is 2.92. The zero-order chi connectivity index (χ0) is 13.0. The zero-order valence-corrected chi connectivity index (χ0v) is 10.6. The number of carbonyl (C=O) groups is 1. The molecule has 1 heterocycles. The van der Waals surface area contributed by atoms with Gasteiger partial charge in [-0.15, -0.1) is 0 Å². The van der Waals surface area contributed by atoms with Crippen LogP contribution < -0.4 is 11.1 Å². The molecule has 0 bridgehead atoms. The third-order valence-corrected chi connectivity index (χ3v) is 3.11. The second-order valence-electron chi connectivity index (χ2n) is 4.42. The minimum Gasteiger partial charge on any atom is -0.399 e. The predicted molar refractivity (Wildman–Crippen MR) is 70.2 cm³/mol. The van der Waals surface area contributed by atoms with Crippen molar-refractivity contribution in [2.45, 2.75) is 13.0 Å². The Kier molecular flexibility index (Phi) is 4.04. The Labute approximate surface area is 107 Å². The van der Waals surface area contributed by atoms with Crippen molar-refractivity contribution in [3.8, 4) is 0 Å². The maximum atomic E-state index is 11.9. The van der Waals surface area contributed by atoms with Crippen molar-refractivity contribution in [2.75, 3.05) is 32.5 Å². The van der Waals surface area contributed by atoms with Crippen molar-refractivity contribution in [2.24, 2.45) is 0 Å². The molecule has 2 rings (SSSR count). The van der Waals surface area contributed by atoms with Gasteiger partial charge in [0, 0.05) is 32.4 Å². The molecule has 0 saturated heterocycles. The highest BCUT2D eigenvalue weighted by molar-refractivity contribution is 5.74. The van der Waals surface area contributed by atoms with Crippen LogP contribution in [0.5, 0.6) is 0 Å². The van der Waals surface area contributed by atoms with Crippen molar-refractivity contribution in [3.63, 3.8) is 0 Å². The molecule has 1 aromatic rings. The van der Waals surface area contributed by atoms with E-state index in [1.807, 2.05) is 18.2 Å². The van der Waals surface area contributed by atoms with Gasteiger partial charge in [0.2, 0.25) is 0 Å². The van der Waals surface area contributed by atoms with Crippen molar-refractivity contribution in [1.29, 1.82) is 0 Å². The monoisotopic (exact) mass is 249 g/mol. The number of benzene rings is 1. The Balaban J connectivity index is 1.96. The summed E-state index contributed by atoms with van der Waals surface area (Å²) in [7, 11) is 1.62. The molecule has 1 aliphatic rings. The highest BCUT2D eigenvalue weighted by Gasteiger charge is 2.20. The first-order chi connectivity index (χ1) is 8.70. The SMILES string of the molecule is COCCNC(=O)N1CCc2ccc(N)cc2C1. The summed E-state index contributed by atoms with van der Waals surface area (Å²) in [4.78, 5) is 13.7. The highest BCUT2D eigenvalue weighted by Crippen LogP contribution is 2.21. The second-order valence-corrected chi connectivity index (χ2v) is 4.42. The Hall–Kier alpha value is -1.75. The van der Waals surface area contributed by atoms with Crippen LogP contribution in [-0.2, 0) is 17.7 Å². The highest BCUT2D eigenvalue weighted by atomic mass is 16.5. The van der Waals surface area contributed by atoms with Gasteiger partial charge in [0.15, 0.2) is 0 Å². The van der Waals surface area contributed by atoms with Crippen LogP contribution in [0.25, 0.3) is 0 Å². The van der Waals surface area contributed by atoms with Gasteiger partial charge in [-0.2, -0.15) is 0 Å². The molecule has 0 saturated carbocycles. The van der Waals surface area contributed by atoms with Crippen LogP contribution in [0, 0.1) is 0 Å². The summed E-state index contributed by atoms with van der Waals surface area (Å²) >= 11 is 0. The maximum Gasteiger partial charge on any atom is 0.317 e. The van der Waals surface area contributed by atoms with Gasteiger partial charge in [-0.1, -0.05) is 6.07 Å². The summed E-state index contributed by atoms with van der Waals surface area (Å²) in [6.45, 7) is 2.44. The number of amides is 2. The number of anilines is 1. The molecule has 2 amide bonds. The largest absolute Gasteiger partial charge is 0.399 e. The number of carbonyl (C=O) groups excluding carboxylic acids is 1. The fraction of sp³-hybridized carbons (Fsp3) is 0.462. The Morgan fingerprint density at radius 2 is 2.33 bits per heavy atom. The molecular weight excluding hydrogens is 230 g/mol. The Bertz CT molecular complexity index is 434. The van der Waals surface area contributed by atoms with Crippen LogP contribution in [0.1, 0.15) is 11.1 Å². The Morgan fingerprint density at radius 3 is 3.11 bits per heavy atom. The second kappa shape index (κ2) is 5.73. The summed E-state index contributed by atoms with van der Waals surface area (Å²) in [6.07, 6.45) is 0.882. The number of nitrogens with zero attached hydrogens (tertiary/aromatic N) is 1. The zero-order valence-electron chi connectivity index (χ0n) is 10.6. The lowest BCUT2D eigenvalue weighted by Crippen LogP contribution is -2.43. The summed E-state index contributed by atoms with van der Waals surface area (Å²) in [6, 6.07) is 5.86. The molecule has 0 unspecified atom stereocenters. The number of rotatable bonds is 3. The lowest BCUT2D eigenvalue weighted by molar-refractivity contribution is 0.176. The van der Waals surface area contributed by atoms with E-state index in [2.05, 4.69) is 5.32 Å². The van der Waals surface area contributed by atoms with Crippen molar-refractivity contribution in [3.05, 3.63) is 29.3 Å². The first-order valence-electron chi connectivity index (χ1n) is 6.09. The maximum absolute atomic E-state index is 11.9. The number of nitrogens with two attached hydrogens (primary N) is 1. The van der Waals surface area contributed by atoms with E-state index in [4.69, 9.17) is 10.5 Å². The summed E-state index contributed by atoms with van der Waals surface area (Å²) in [5, 5.41) is 2.83. The molecule has 98 valence electrons. The fourth-order valence-corrected chi connectivity index (χ4v) is 2.12. The molecule has 18 heavy (non-hydrogen) atoms. The lowest BCUT2D eigenvalue weighted by Gasteiger charge is -2.29. The molecule has 0 spiro atoms. The van der Waals surface area contributed by atoms with Crippen LogP contribution >= 0.6 is 0 Å². The van der Waals surface area contributed by atoms with E-state index in [-0.39, 0.29) is 6.03 Å². The van der Waals surface area contributed by atoms with Crippen molar-refractivity contribution < 1.29 is 9.53 Å². The first kappa shape index (κ1) is 12.7. The van der Waals surface area contributed by atoms with Gasteiger partial charge in [-0.3, -0.25) is 0 Å². The smallest absolute Gasteiger partial charge is 0.317 e. The van der Waals surface area contributed by atoms with E-state index in [1.165, 1.54) is 5.56 Å². The molecule has 0 atom stereocenters. The average Bonchev–Trinajstić information content (AvgIpc) is 2.38. The van der Waals surface area contributed by atoms with Gasteiger partial charge in [0.05, 0.1) is 6.61 Å². The first-order valence-corrected chi connectivity index (χ1v) is 6.09. The molecule has 1 aliphatic heterocycles. The van der Waals surface area contributed by atoms with Crippen LogP contribution in [0.3, 0.4) is 0 Å². The van der Waals surface area contributed by atoms with Crippen LogP contribution in [0.4, 0.5) is 10.5 Å². The summed E-state index contributed by atoms with van der Waals surface area (Å²) in [5.41, 5.74) is 8.94. The number of nitrogens with one attached hydrogen (secondary N) is 1. The van der Waals surface area contributed by atoms with Crippen LogP contribution in [0.2, 0.25) is 0 Å². The van der Waals surface area contributed by atoms with Gasteiger partial charge >= 0.3 is 6.03 Å². The summed E-state index contributed by atoms with van der Waals surface area (Å²) < 4.78 is 4.90. The number of urea groups is 1. The van der Waals surface area contributed by atoms with Gasteiger partial charge < -0.3 is 20.7 Å². The molecule has 1 aromatic carbocycles. The van der Waals surface area contributed by atoms with Crippen LogP contribution in [-0.4, -0.2) is 37.7 Å². The van der Waals surface area contributed by atoms with E-state index in [9.17, 15) is 4.79 Å². The molecule has 0 aromatic heterocycles. The Morgan fingerprint density at radius 1 is 1.50 bits per heavy atom. The number of fused-ring (bicyclic) bond motifs is 1. The standard InChI is InChI=1S/C13H19N3O2/c1-18-7-5-15-13(17)16-6-4-10-2-3-12(14)8-11(10)9-16/h2-3,8H,4-7,9,14H2,1H3,(H,15,17). The molecule has 5 nitrogen and oxygen atoms in total. The van der Waals surface area contributed by atoms with E-state index in [1.54, 1.807) is 12.0 Å².